The molecule has 1 aromatic heterocycles. The summed E-state index contributed by atoms with van der Waals surface area (Å²) in [5, 5.41) is 10.8. The van der Waals surface area contributed by atoms with Crippen molar-refractivity contribution < 1.29 is 18.7 Å². The fraction of sp³-hybridized carbons (Fsp3) is 0.368. The summed E-state index contributed by atoms with van der Waals surface area (Å²) in [4.78, 5) is 27.5. The number of benzene rings is 1. The second kappa shape index (κ2) is 9.12. The van der Waals surface area contributed by atoms with Crippen LogP contribution >= 0.6 is 0 Å². The van der Waals surface area contributed by atoms with Gasteiger partial charge in [-0.15, -0.1) is 10.2 Å². The minimum Gasteiger partial charge on any atom is -0.450 e. The Morgan fingerprint density at radius 3 is 2.57 bits per heavy atom. The van der Waals surface area contributed by atoms with E-state index in [-0.39, 0.29) is 24.2 Å². The normalized spacial score (nSPS) is 13.9. The van der Waals surface area contributed by atoms with Gasteiger partial charge in [-0.25, -0.2) is 9.18 Å². The SMILES string of the molecule is CCOC(=O)N1CCN(c2ccc(NC(=O)Cc3cccc(F)c3)nn2)CC1. The first kappa shape index (κ1) is 19.5. The van der Waals surface area contributed by atoms with E-state index >= 15 is 0 Å². The maximum Gasteiger partial charge on any atom is 0.409 e. The molecular weight excluding hydrogens is 365 g/mol. The summed E-state index contributed by atoms with van der Waals surface area (Å²) in [6, 6.07) is 9.35. The highest BCUT2D eigenvalue weighted by atomic mass is 19.1. The van der Waals surface area contributed by atoms with Gasteiger partial charge in [-0.1, -0.05) is 12.1 Å². The Hall–Kier alpha value is -3.23. The van der Waals surface area contributed by atoms with Crippen molar-refractivity contribution in [2.75, 3.05) is 43.0 Å². The van der Waals surface area contributed by atoms with Crippen molar-refractivity contribution in [3.8, 4) is 0 Å². The Labute approximate surface area is 162 Å². The van der Waals surface area contributed by atoms with Crippen LogP contribution in [0.3, 0.4) is 0 Å². The van der Waals surface area contributed by atoms with Crippen LogP contribution in [0, 0.1) is 5.82 Å². The molecule has 1 aromatic carbocycles. The second-order valence-electron chi connectivity index (χ2n) is 6.30. The van der Waals surface area contributed by atoms with Crippen molar-refractivity contribution in [3.63, 3.8) is 0 Å². The second-order valence-corrected chi connectivity index (χ2v) is 6.30. The van der Waals surface area contributed by atoms with E-state index in [1.54, 1.807) is 36.1 Å². The van der Waals surface area contributed by atoms with Gasteiger partial charge in [-0.3, -0.25) is 4.79 Å². The molecule has 0 bridgehead atoms. The van der Waals surface area contributed by atoms with Gasteiger partial charge in [-0.2, -0.15) is 0 Å². The van der Waals surface area contributed by atoms with E-state index in [4.69, 9.17) is 4.74 Å². The summed E-state index contributed by atoms with van der Waals surface area (Å²) in [5.41, 5.74) is 0.585. The molecule has 0 spiro atoms. The lowest BCUT2D eigenvalue weighted by molar-refractivity contribution is -0.115. The summed E-state index contributed by atoms with van der Waals surface area (Å²) in [6.07, 6.45) is -0.249. The average Bonchev–Trinajstić information content (AvgIpc) is 2.69. The van der Waals surface area contributed by atoms with E-state index in [0.717, 1.165) is 0 Å². The molecular formula is C19H22FN5O3. The number of nitrogens with one attached hydrogen (secondary N) is 1. The van der Waals surface area contributed by atoms with E-state index in [1.807, 2.05) is 4.90 Å². The fourth-order valence-corrected chi connectivity index (χ4v) is 2.91. The van der Waals surface area contributed by atoms with Crippen LogP contribution in [-0.4, -0.2) is 59.9 Å². The number of aromatic nitrogens is 2. The lowest BCUT2D eigenvalue weighted by Crippen LogP contribution is -2.49. The van der Waals surface area contributed by atoms with Crippen molar-refractivity contribution in [1.82, 2.24) is 15.1 Å². The molecule has 3 rings (SSSR count). The molecule has 0 atom stereocenters. The quantitative estimate of drug-likeness (QED) is 0.845. The molecule has 0 radical (unpaired) electrons. The van der Waals surface area contributed by atoms with E-state index < -0.39 is 0 Å². The highest BCUT2D eigenvalue weighted by molar-refractivity contribution is 5.91. The predicted octanol–water partition coefficient (Wildman–Crippen LogP) is 2.08. The average molecular weight is 387 g/mol. The Bertz CT molecular complexity index is 823. The van der Waals surface area contributed by atoms with Crippen molar-refractivity contribution in [2.24, 2.45) is 0 Å². The molecule has 1 aliphatic heterocycles. The largest absolute Gasteiger partial charge is 0.450 e. The van der Waals surface area contributed by atoms with E-state index in [0.29, 0.717) is 50.0 Å². The summed E-state index contributed by atoms with van der Waals surface area (Å²) >= 11 is 0. The Balaban J connectivity index is 1.51. The molecule has 1 saturated heterocycles. The third kappa shape index (κ3) is 5.15. The lowest BCUT2D eigenvalue weighted by atomic mass is 10.1. The lowest BCUT2D eigenvalue weighted by Gasteiger charge is -2.34. The Kier molecular flexibility index (Phi) is 6.36. The number of nitrogens with zero attached hydrogens (tertiary/aromatic N) is 4. The van der Waals surface area contributed by atoms with Crippen molar-refractivity contribution in [2.45, 2.75) is 13.3 Å². The third-order valence-corrected chi connectivity index (χ3v) is 4.30. The number of halogens is 1. The van der Waals surface area contributed by atoms with Gasteiger partial charge >= 0.3 is 6.09 Å². The number of rotatable bonds is 5. The number of hydrogen-bond donors (Lipinski definition) is 1. The number of amides is 2. The molecule has 148 valence electrons. The topological polar surface area (TPSA) is 87.7 Å². The van der Waals surface area contributed by atoms with Crippen LogP contribution in [-0.2, 0) is 16.0 Å². The number of carbonyl (C=O) groups is 2. The third-order valence-electron chi connectivity index (χ3n) is 4.30. The molecule has 1 fully saturated rings. The first-order chi connectivity index (χ1) is 13.5. The van der Waals surface area contributed by atoms with Gasteiger partial charge in [0, 0.05) is 26.2 Å². The molecule has 1 aliphatic rings. The summed E-state index contributed by atoms with van der Waals surface area (Å²) in [7, 11) is 0. The van der Waals surface area contributed by atoms with Gasteiger partial charge in [0.15, 0.2) is 11.6 Å². The molecule has 2 heterocycles. The molecule has 1 N–H and O–H groups in total. The van der Waals surface area contributed by atoms with E-state index in [2.05, 4.69) is 15.5 Å². The van der Waals surface area contributed by atoms with Crippen LogP contribution in [0.1, 0.15) is 12.5 Å². The molecule has 28 heavy (non-hydrogen) atoms. The van der Waals surface area contributed by atoms with Crippen LogP contribution in [0.2, 0.25) is 0 Å². The van der Waals surface area contributed by atoms with Gasteiger partial charge in [0.1, 0.15) is 5.82 Å². The van der Waals surface area contributed by atoms with Gasteiger partial charge in [0.05, 0.1) is 13.0 Å². The van der Waals surface area contributed by atoms with Crippen molar-refractivity contribution in [3.05, 3.63) is 47.8 Å². The first-order valence-corrected chi connectivity index (χ1v) is 9.10. The van der Waals surface area contributed by atoms with Gasteiger partial charge in [0.2, 0.25) is 5.91 Å². The molecule has 0 aliphatic carbocycles. The zero-order valence-corrected chi connectivity index (χ0v) is 15.6. The number of piperazine rings is 1. The van der Waals surface area contributed by atoms with Crippen LogP contribution in [0.25, 0.3) is 0 Å². The maximum absolute atomic E-state index is 13.2. The minimum atomic E-state index is -0.377. The van der Waals surface area contributed by atoms with Gasteiger partial charge in [0.25, 0.3) is 0 Å². The number of ether oxygens (including phenoxy) is 1. The molecule has 2 aromatic rings. The molecule has 0 unspecified atom stereocenters. The highest BCUT2D eigenvalue weighted by Gasteiger charge is 2.22. The zero-order chi connectivity index (χ0) is 19.9. The number of carbonyl (C=O) groups excluding carboxylic acids is 2. The van der Waals surface area contributed by atoms with E-state index in [1.165, 1.54) is 12.1 Å². The summed E-state index contributed by atoms with van der Waals surface area (Å²) < 4.78 is 18.2. The highest BCUT2D eigenvalue weighted by Crippen LogP contribution is 2.15. The van der Waals surface area contributed by atoms with Crippen molar-refractivity contribution in [1.29, 1.82) is 0 Å². The standard InChI is InChI=1S/C19H22FN5O3/c1-2-28-19(27)25-10-8-24(9-11-25)17-7-6-16(22-23-17)21-18(26)13-14-4-3-5-15(20)12-14/h3-7,12H,2,8-11,13H2,1H3,(H,21,22,26). The van der Waals surface area contributed by atoms with Crippen LogP contribution in [0.5, 0.6) is 0 Å². The number of anilines is 2. The smallest absolute Gasteiger partial charge is 0.409 e. The van der Waals surface area contributed by atoms with Crippen LogP contribution in [0.4, 0.5) is 20.8 Å². The molecule has 9 heteroatoms. The molecule has 8 nitrogen and oxygen atoms in total. The van der Waals surface area contributed by atoms with Crippen molar-refractivity contribution >= 4 is 23.6 Å². The summed E-state index contributed by atoms with van der Waals surface area (Å²) in [5.74, 6) is 0.329. The first-order valence-electron chi connectivity index (χ1n) is 9.10. The molecule has 0 saturated carbocycles. The maximum atomic E-state index is 13.2. The monoisotopic (exact) mass is 387 g/mol. The Morgan fingerprint density at radius 2 is 1.93 bits per heavy atom. The Morgan fingerprint density at radius 1 is 1.14 bits per heavy atom. The minimum absolute atomic E-state index is 0.0526. The van der Waals surface area contributed by atoms with Crippen LogP contribution < -0.4 is 10.2 Å². The number of hydrogen-bond acceptors (Lipinski definition) is 6. The zero-order valence-electron chi connectivity index (χ0n) is 15.6. The van der Waals surface area contributed by atoms with Gasteiger partial charge < -0.3 is 19.9 Å². The van der Waals surface area contributed by atoms with Crippen LogP contribution in [0.15, 0.2) is 36.4 Å². The summed E-state index contributed by atoms with van der Waals surface area (Å²) in [6.45, 7) is 4.48. The molecule has 2 amide bonds. The fourth-order valence-electron chi connectivity index (χ4n) is 2.91. The van der Waals surface area contributed by atoms with Gasteiger partial charge in [-0.05, 0) is 36.8 Å². The van der Waals surface area contributed by atoms with E-state index in [9.17, 15) is 14.0 Å². The predicted molar refractivity (Wildman–Crippen MR) is 102 cm³/mol.